The van der Waals surface area contributed by atoms with Gasteiger partial charge in [-0.2, -0.15) is 0 Å². The van der Waals surface area contributed by atoms with Crippen LogP contribution in [-0.4, -0.2) is 30.5 Å². The molecule has 0 spiro atoms. The van der Waals surface area contributed by atoms with Gasteiger partial charge in [0.2, 0.25) is 0 Å². The van der Waals surface area contributed by atoms with E-state index in [1.54, 1.807) is 0 Å². The second-order valence-corrected chi connectivity index (χ2v) is 12.4. The van der Waals surface area contributed by atoms with Crippen LogP contribution in [0.1, 0.15) is 27.7 Å². The Morgan fingerprint density at radius 2 is 1.13 bits per heavy atom. The largest absolute Gasteiger partial charge is 0.390 e. The topological polar surface area (TPSA) is 40.5 Å². The molecule has 2 nitrogen and oxygen atoms in total. The number of hydrogen-bond acceptors (Lipinski definition) is 2. The van der Waals surface area contributed by atoms with Gasteiger partial charge in [0.05, 0.1) is 12.2 Å². The summed E-state index contributed by atoms with van der Waals surface area (Å²) in [6.07, 6.45) is -1.19. The highest BCUT2D eigenvalue weighted by molar-refractivity contribution is 6.77. The van der Waals surface area contributed by atoms with Gasteiger partial charge in [-0.05, 0) is 22.9 Å². The summed E-state index contributed by atoms with van der Waals surface area (Å²) >= 11 is 0. The van der Waals surface area contributed by atoms with Crippen molar-refractivity contribution >= 4 is 8.07 Å². The van der Waals surface area contributed by atoms with Crippen molar-refractivity contribution in [2.24, 2.45) is 10.8 Å². The molecular weight excluding hydrogens is 204 g/mol. The molecule has 0 amide bonds. The molecule has 1 saturated heterocycles. The van der Waals surface area contributed by atoms with Crippen LogP contribution in [0.2, 0.25) is 25.2 Å². The Hall–Kier alpha value is 0.137. The fourth-order valence-corrected chi connectivity index (χ4v) is 9.07. The van der Waals surface area contributed by atoms with E-state index >= 15 is 0 Å². The van der Waals surface area contributed by atoms with Gasteiger partial charge in [-0.25, -0.2) is 0 Å². The Morgan fingerprint density at radius 3 is 1.40 bits per heavy atom. The maximum atomic E-state index is 10.2. The van der Waals surface area contributed by atoms with Gasteiger partial charge >= 0.3 is 0 Å². The quantitative estimate of drug-likeness (QED) is 0.628. The molecule has 0 aromatic rings. The Bertz CT molecular complexity index is 222. The summed E-state index contributed by atoms with van der Waals surface area (Å²) in [7, 11) is -1.32. The standard InChI is InChI=1S/C12H26O2Si/c1-11(2)7-15(5,6)8-12(3,4)10(14)9(11)13/h9-10,13-14H,7-8H2,1-6H3/t9-,10-/m0/s1. The highest BCUT2D eigenvalue weighted by Crippen LogP contribution is 2.47. The first-order valence-electron chi connectivity index (χ1n) is 5.84. The van der Waals surface area contributed by atoms with Gasteiger partial charge in [0.1, 0.15) is 0 Å². The van der Waals surface area contributed by atoms with Crippen LogP contribution in [0.25, 0.3) is 0 Å². The molecule has 0 aliphatic carbocycles. The van der Waals surface area contributed by atoms with E-state index in [1.165, 1.54) is 0 Å². The van der Waals surface area contributed by atoms with Crippen molar-refractivity contribution in [2.75, 3.05) is 0 Å². The summed E-state index contributed by atoms with van der Waals surface area (Å²) in [6.45, 7) is 13.0. The molecule has 1 aliphatic heterocycles. The minimum Gasteiger partial charge on any atom is -0.390 e. The van der Waals surface area contributed by atoms with Crippen LogP contribution in [0.3, 0.4) is 0 Å². The first-order valence-corrected chi connectivity index (χ1v) is 9.26. The average molecular weight is 230 g/mol. The summed E-state index contributed by atoms with van der Waals surface area (Å²) in [5.41, 5.74) is -0.300. The van der Waals surface area contributed by atoms with Crippen molar-refractivity contribution in [3.8, 4) is 0 Å². The van der Waals surface area contributed by atoms with Crippen LogP contribution in [-0.2, 0) is 0 Å². The van der Waals surface area contributed by atoms with Crippen LogP contribution >= 0.6 is 0 Å². The molecule has 3 heteroatoms. The van der Waals surface area contributed by atoms with Gasteiger partial charge in [0, 0.05) is 8.07 Å². The molecule has 0 aromatic heterocycles. The maximum absolute atomic E-state index is 10.2. The molecule has 15 heavy (non-hydrogen) atoms. The molecule has 1 heterocycles. The molecule has 1 fully saturated rings. The van der Waals surface area contributed by atoms with Crippen molar-refractivity contribution in [2.45, 2.75) is 65.1 Å². The van der Waals surface area contributed by atoms with Crippen molar-refractivity contribution in [3.63, 3.8) is 0 Å². The monoisotopic (exact) mass is 230 g/mol. The normalized spacial score (nSPS) is 38.4. The van der Waals surface area contributed by atoms with E-state index < -0.39 is 20.3 Å². The SMILES string of the molecule is CC1(C)C[Si](C)(C)CC(C)(C)[C@@H](O)[C@@H]1O. The van der Waals surface area contributed by atoms with Crippen molar-refractivity contribution < 1.29 is 10.2 Å². The predicted molar refractivity (Wildman–Crippen MR) is 66.7 cm³/mol. The van der Waals surface area contributed by atoms with E-state index in [2.05, 4.69) is 40.8 Å². The minimum absolute atomic E-state index is 0.150. The smallest absolute Gasteiger partial charge is 0.0852 e. The highest BCUT2D eigenvalue weighted by atomic mass is 28.3. The fourth-order valence-electron chi connectivity index (χ4n) is 3.59. The lowest BCUT2D eigenvalue weighted by Crippen LogP contribution is -2.44. The van der Waals surface area contributed by atoms with Gasteiger partial charge < -0.3 is 10.2 Å². The van der Waals surface area contributed by atoms with Crippen molar-refractivity contribution in [3.05, 3.63) is 0 Å². The fraction of sp³-hybridized carbons (Fsp3) is 1.00. The Kier molecular flexibility index (Phi) is 3.14. The Morgan fingerprint density at radius 1 is 0.867 bits per heavy atom. The lowest BCUT2D eigenvalue weighted by molar-refractivity contribution is -0.0861. The summed E-state index contributed by atoms with van der Waals surface area (Å²) in [5, 5.41) is 20.5. The third kappa shape index (κ3) is 2.63. The van der Waals surface area contributed by atoms with Gasteiger partial charge in [-0.15, -0.1) is 0 Å². The molecule has 0 saturated carbocycles. The Balaban J connectivity index is 3.09. The summed E-state index contributed by atoms with van der Waals surface area (Å²) in [6, 6.07) is 2.17. The zero-order chi connectivity index (χ0) is 12.1. The van der Waals surface area contributed by atoms with Gasteiger partial charge in [-0.1, -0.05) is 40.8 Å². The first kappa shape index (κ1) is 13.2. The molecule has 2 atom stereocenters. The maximum Gasteiger partial charge on any atom is 0.0852 e. The van der Waals surface area contributed by atoms with Gasteiger partial charge in [0.25, 0.3) is 0 Å². The van der Waals surface area contributed by atoms with E-state index in [0.29, 0.717) is 0 Å². The molecule has 0 aromatic carbocycles. The highest BCUT2D eigenvalue weighted by Gasteiger charge is 2.49. The molecule has 0 radical (unpaired) electrons. The number of rotatable bonds is 0. The molecule has 1 rings (SSSR count). The second-order valence-electron chi connectivity index (χ2n) is 7.38. The second kappa shape index (κ2) is 3.57. The van der Waals surface area contributed by atoms with Gasteiger partial charge in [0.15, 0.2) is 0 Å². The van der Waals surface area contributed by atoms with Crippen molar-refractivity contribution in [1.29, 1.82) is 0 Å². The van der Waals surface area contributed by atoms with Crippen LogP contribution < -0.4 is 0 Å². The molecule has 0 bridgehead atoms. The number of hydrogen-bond donors (Lipinski definition) is 2. The summed E-state index contributed by atoms with van der Waals surface area (Å²) in [4.78, 5) is 0. The van der Waals surface area contributed by atoms with Crippen LogP contribution in [0.5, 0.6) is 0 Å². The van der Waals surface area contributed by atoms with E-state index in [4.69, 9.17) is 0 Å². The van der Waals surface area contributed by atoms with Gasteiger partial charge in [-0.3, -0.25) is 0 Å². The zero-order valence-electron chi connectivity index (χ0n) is 11.0. The zero-order valence-corrected chi connectivity index (χ0v) is 12.0. The summed E-state index contributed by atoms with van der Waals surface area (Å²) < 4.78 is 0. The number of aliphatic hydroxyl groups is 2. The predicted octanol–water partition coefficient (Wildman–Crippen LogP) is 2.48. The van der Waals surface area contributed by atoms with Crippen LogP contribution in [0.15, 0.2) is 0 Å². The first-order chi connectivity index (χ1) is 6.48. The van der Waals surface area contributed by atoms with E-state index in [0.717, 1.165) is 12.1 Å². The van der Waals surface area contributed by atoms with Crippen LogP contribution in [0.4, 0.5) is 0 Å². The van der Waals surface area contributed by atoms with Crippen LogP contribution in [0, 0.1) is 10.8 Å². The van der Waals surface area contributed by atoms with E-state index in [-0.39, 0.29) is 10.8 Å². The lowest BCUT2D eigenvalue weighted by Gasteiger charge is -2.36. The summed E-state index contributed by atoms with van der Waals surface area (Å²) in [5.74, 6) is 0. The minimum atomic E-state index is -1.32. The average Bonchev–Trinajstić information content (AvgIpc) is 1.98. The molecule has 90 valence electrons. The molecule has 0 unspecified atom stereocenters. The molecule has 1 aliphatic rings. The number of aliphatic hydroxyl groups excluding tert-OH is 2. The molecular formula is C12H26O2Si. The Labute approximate surface area is 94.7 Å². The lowest BCUT2D eigenvalue weighted by atomic mass is 9.76. The molecule has 2 N–H and O–H groups in total. The third-order valence-corrected chi connectivity index (χ3v) is 7.51. The van der Waals surface area contributed by atoms with E-state index in [1.807, 2.05) is 0 Å². The van der Waals surface area contributed by atoms with E-state index in [9.17, 15) is 10.2 Å². The van der Waals surface area contributed by atoms with Crippen molar-refractivity contribution in [1.82, 2.24) is 0 Å². The third-order valence-electron chi connectivity index (χ3n) is 3.77.